The van der Waals surface area contributed by atoms with Gasteiger partial charge in [0.05, 0.1) is 18.6 Å². The first-order valence-electron chi connectivity index (χ1n) is 11.0. The van der Waals surface area contributed by atoms with Crippen molar-refractivity contribution in [2.45, 2.75) is 37.9 Å². The van der Waals surface area contributed by atoms with Crippen molar-refractivity contribution in [3.63, 3.8) is 0 Å². The largest absolute Gasteiger partial charge is 0.497 e. The van der Waals surface area contributed by atoms with Crippen LogP contribution in [0.25, 0.3) is 5.69 Å². The van der Waals surface area contributed by atoms with Gasteiger partial charge >= 0.3 is 6.03 Å². The molecule has 2 aromatic carbocycles. The van der Waals surface area contributed by atoms with E-state index in [0.29, 0.717) is 23.2 Å². The number of amides is 4. The molecular formula is C24H26N6O4S. The Bertz CT molecular complexity index is 1260. The molecule has 0 saturated carbocycles. The van der Waals surface area contributed by atoms with Crippen LogP contribution in [-0.2, 0) is 16.0 Å². The summed E-state index contributed by atoms with van der Waals surface area (Å²) >= 11 is 1.25. The molecule has 1 fully saturated rings. The second-order valence-corrected chi connectivity index (χ2v) is 9.09. The minimum absolute atomic E-state index is 0.123. The maximum absolute atomic E-state index is 12.7. The van der Waals surface area contributed by atoms with Crippen LogP contribution in [0.15, 0.2) is 47.6 Å². The van der Waals surface area contributed by atoms with Gasteiger partial charge in [0.15, 0.2) is 5.16 Å². The van der Waals surface area contributed by atoms with E-state index in [-0.39, 0.29) is 24.0 Å². The monoisotopic (exact) mass is 494 g/mol. The number of methoxy groups -OCH3 is 1. The fraction of sp³-hybridized carbons (Fsp3) is 0.292. The van der Waals surface area contributed by atoms with Crippen molar-refractivity contribution >= 4 is 35.3 Å². The molecule has 10 nitrogen and oxygen atoms in total. The molecule has 0 spiro atoms. The topological polar surface area (TPSA) is 127 Å². The third kappa shape index (κ3) is 5.80. The van der Waals surface area contributed by atoms with Crippen LogP contribution >= 0.6 is 11.8 Å². The van der Waals surface area contributed by atoms with Crippen molar-refractivity contribution in [2.24, 2.45) is 0 Å². The fourth-order valence-corrected chi connectivity index (χ4v) is 4.53. The highest BCUT2D eigenvalue weighted by molar-refractivity contribution is 7.99. The second kappa shape index (κ2) is 10.6. The molecule has 35 heavy (non-hydrogen) atoms. The number of hydrogen-bond acceptors (Lipinski definition) is 7. The average molecular weight is 495 g/mol. The lowest BCUT2D eigenvalue weighted by molar-refractivity contribution is -0.121. The number of anilines is 1. The summed E-state index contributed by atoms with van der Waals surface area (Å²) in [5.74, 6) is 0.815. The second-order valence-electron chi connectivity index (χ2n) is 8.15. The molecule has 0 bridgehead atoms. The summed E-state index contributed by atoms with van der Waals surface area (Å²) in [6.45, 7) is 3.96. The van der Waals surface area contributed by atoms with Crippen molar-refractivity contribution in [2.75, 3.05) is 18.2 Å². The molecule has 4 amide bonds. The van der Waals surface area contributed by atoms with Crippen molar-refractivity contribution in [3.8, 4) is 11.4 Å². The first-order valence-corrected chi connectivity index (χ1v) is 12.0. The molecule has 4 rings (SSSR count). The molecule has 0 radical (unpaired) electrons. The smallest absolute Gasteiger partial charge is 0.321 e. The third-order valence-corrected chi connectivity index (χ3v) is 6.60. The Morgan fingerprint density at radius 2 is 2.00 bits per heavy atom. The molecule has 1 unspecified atom stereocenters. The van der Waals surface area contributed by atoms with Crippen LogP contribution in [0.1, 0.15) is 23.4 Å². The number of imide groups is 1. The average Bonchev–Trinajstić information content (AvgIpc) is 3.22. The number of rotatable bonds is 8. The van der Waals surface area contributed by atoms with E-state index >= 15 is 0 Å². The SMILES string of the molecule is COc1cccc(-n2c(CC3CC(=O)NC(=O)N3)nnc2SCC(=O)Nc2cccc(C)c2C)c1. The third-order valence-electron chi connectivity index (χ3n) is 5.67. The molecule has 1 aliphatic rings. The van der Waals surface area contributed by atoms with Gasteiger partial charge in [-0.15, -0.1) is 10.2 Å². The van der Waals surface area contributed by atoms with Crippen LogP contribution in [0.2, 0.25) is 0 Å². The van der Waals surface area contributed by atoms with Crippen LogP contribution < -0.4 is 20.7 Å². The molecule has 3 N–H and O–H groups in total. The highest BCUT2D eigenvalue weighted by Crippen LogP contribution is 2.26. The Balaban J connectivity index is 1.56. The minimum atomic E-state index is -0.531. The Labute approximate surface area is 206 Å². The van der Waals surface area contributed by atoms with Gasteiger partial charge in [-0.05, 0) is 43.2 Å². The molecule has 0 aliphatic carbocycles. The van der Waals surface area contributed by atoms with E-state index in [2.05, 4.69) is 26.1 Å². The quantitative estimate of drug-likeness (QED) is 0.411. The number of benzene rings is 2. The molecule has 1 aromatic heterocycles. The van der Waals surface area contributed by atoms with Gasteiger partial charge in [-0.25, -0.2) is 4.79 Å². The zero-order valence-corrected chi connectivity index (χ0v) is 20.4. The number of nitrogens with one attached hydrogen (secondary N) is 3. The van der Waals surface area contributed by atoms with E-state index in [1.165, 1.54) is 11.8 Å². The molecule has 2 heterocycles. The molecule has 1 saturated heterocycles. The molecule has 1 aliphatic heterocycles. The summed E-state index contributed by atoms with van der Waals surface area (Å²) in [7, 11) is 1.58. The summed E-state index contributed by atoms with van der Waals surface area (Å²) < 4.78 is 7.18. The number of ether oxygens (including phenoxy) is 1. The van der Waals surface area contributed by atoms with Crippen LogP contribution in [0.5, 0.6) is 5.75 Å². The highest BCUT2D eigenvalue weighted by atomic mass is 32.2. The summed E-state index contributed by atoms with van der Waals surface area (Å²) in [6, 6.07) is 12.2. The van der Waals surface area contributed by atoms with E-state index in [1.807, 2.05) is 60.9 Å². The van der Waals surface area contributed by atoms with Gasteiger partial charge in [0.25, 0.3) is 0 Å². The van der Waals surface area contributed by atoms with Crippen molar-refractivity contribution < 1.29 is 19.1 Å². The van der Waals surface area contributed by atoms with Crippen molar-refractivity contribution in [1.29, 1.82) is 0 Å². The summed E-state index contributed by atoms with van der Waals surface area (Å²) in [6.07, 6.45) is 0.427. The molecule has 182 valence electrons. The molecule has 11 heteroatoms. The summed E-state index contributed by atoms with van der Waals surface area (Å²) in [5.41, 5.74) is 3.64. The predicted octanol–water partition coefficient (Wildman–Crippen LogP) is 2.76. The number of carbonyl (C=O) groups excluding carboxylic acids is 3. The Morgan fingerprint density at radius 3 is 2.77 bits per heavy atom. The normalized spacial score (nSPS) is 15.3. The zero-order valence-electron chi connectivity index (χ0n) is 19.6. The van der Waals surface area contributed by atoms with Crippen LogP contribution in [0.3, 0.4) is 0 Å². The minimum Gasteiger partial charge on any atom is -0.497 e. The summed E-state index contributed by atoms with van der Waals surface area (Å²) in [4.78, 5) is 36.2. The zero-order chi connectivity index (χ0) is 24.9. The highest BCUT2D eigenvalue weighted by Gasteiger charge is 2.27. The lowest BCUT2D eigenvalue weighted by atomic mass is 10.1. The Hall–Kier alpha value is -3.86. The number of carbonyl (C=O) groups is 3. The number of aromatic nitrogens is 3. The standard InChI is InChI=1S/C24H26N6O4S/c1-14-6-4-9-19(15(14)2)26-22(32)13-35-24-29-28-20(10-16-11-21(31)27-23(33)25-16)30(24)17-7-5-8-18(12-17)34-3/h4-9,12,16H,10-11,13H2,1-3H3,(H,26,32)(H2,25,27,31,33). The van der Waals surface area contributed by atoms with E-state index in [1.54, 1.807) is 7.11 Å². The van der Waals surface area contributed by atoms with Gasteiger partial charge in [0, 0.05) is 30.6 Å². The summed E-state index contributed by atoms with van der Waals surface area (Å²) in [5, 5.41) is 17.1. The molecular weight excluding hydrogens is 468 g/mol. The van der Waals surface area contributed by atoms with E-state index in [9.17, 15) is 14.4 Å². The predicted molar refractivity (Wildman–Crippen MR) is 132 cm³/mol. The van der Waals surface area contributed by atoms with Gasteiger partial charge in [-0.3, -0.25) is 19.5 Å². The molecule has 3 aromatic rings. The van der Waals surface area contributed by atoms with E-state index < -0.39 is 12.1 Å². The number of hydrogen-bond donors (Lipinski definition) is 3. The van der Waals surface area contributed by atoms with E-state index in [0.717, 1.165) is 22.5 Å². The van der Waals surface area contributed by atoms with Gasteiger partial charge in [0.2, 0.25) is 11.8 Å². The Kier molecular flexibility index (Phi) is 7.35. The Morgan fingerprint density at radius 1 is 1.20 bits per heavy atom. The van der Waals surface area contributed by atoms with Gasteiger partial charge in [-0.1, -0.05) is 30.0 Å². The van der Waals surface area contributed by atoms with Crippen LogP contribution in [0.4, 0.5) is 10.5 Å². The van der Waals surface area contributed by atoms with Gasteiger partial charge in [0.1, 0.15) is 11.6 Å². The van der Waals surface area contributed by atoms with Gasteiger partial charge < -0.3 is 15.4 Å². The number of nitrogens with zero attached hydrogens (tertiary/aromatic N) is 3. The van der Waals surface area contributed by atoms with E-state index in [4.69, 9.17) is 4.74 Å². The first kappa shape index (κ1) is 24.3. The lowest BCUT2D eigenvalue weighted by Crippen LogP contribution is -2.53. The van der Waals surface area contributed by atoms with Crippen LogP contribution in [-0.4, -0.2) is 51.5 Å². The van der Waals surface area contributed by atoms with Crippen molar-refractivity contribution in [3.05, 3.63) is 59.4 Å². The number of urea groups is 1. The number of aryl methyl sites for hydroxylation is 1. The molecule has 1 atom stereocenters. The fourth-order valence-electron chi connectivity index (χ4n) is 3.76. The first-order chi connectivity index (χ1) is 16.8. The number of thioether (sulfide) groups is 1. The van der Waals surface area contributed by atoms with Gasteiger partial charge in [-0.2, -0.15) is 0 Å². The van der Waals surface area contributed by atoms with Crippen LogP contribution in [0, 0.1) is 13.8 Å². The lowest BCUT2D eigenvalue weighted by Gasteiger charge is -2.23. The maximum atomic E-state index is 12.7. The maximum Gasteiger partial charge on any atom is 0.321 e. The van der Waals surface area contributed by atoms with Crippen molar-refractivity contribution in [1.82, 2.24) is 25.4 Å².